The number of nitrogens with zero attached hydrogens (tertiary/aromatic N) is 4. The summed E-state index contributed by atoms with van der Waals surface area (Å²) >= 11 is 0. The fourth-order valence-corrected chi connectivity index (χ4v) is 6.01. The van der Waals surface area contributed by atoms with Gasteiger partial charge in [-0.1, -0.05) is 12.1 Å². The first kappa shape index (κ1) is 24.5. The predicted octanol–water partition coefficient (Wildman–Crippen LogP) is 2.96. The molecule has 3 N–H and O–H groups in total. The number of aromatic amines is 1. The zero-order chi connectivity index (χ0) is 26.2. The second-order valence-electron chi connectivity index (χ2n) is 10.9. The summed E-state index contributed by atoms with van der Waals surface area (Å²) in [6, 6.07) is 10.2. The number of aromatic nitrogens is 3. The van der Waals surface area contributed by atoms with Crippen LogP contribution in [0.1, 0.15) is 56.0 Å². The van der Waals surface area contributed by atoms with Crippen LogP contribution >= 0.6 is 0 Å². The van der Waals surface area contributed by atoms with Crippen LogP contribution in [-0.2, 0) is 4.79 Å². The van der Waals surface area contributed by atoms with E-state index in [9.17, 15) is 19.5 Å². The number of amides is 3. The third-order valence-electron chi connectivity index (χ3n) is 8.28. The number of hydrogen-bond donors (Lipinski definition) is 3. The minimum atomic E-state index is -0.566. The van der Waals surface area contributed by atoms with Gasteiger partial charge in [-0.2, -0.15) is 0 Å². The largest absolute Gasteiger partial charge is 0.508 e. The number of imidazole rings is 1. The van der Waals surface area contributed by atoms with Gasteiger partial charge in [-0.05, 0) is 74.3 Å². The Labute approximate surface area is 220 Å². The third-order valence-corrected chi connectivity index (χ3v) is 8.28. The van der Waals surface area contributed by atoms with Crippen molar-refractivity contribution in [3.05, 3.63) is 58.6 Å². The first-order chi connectivity index (χ1) is 18.5. The van der Waals surface area contributed by atoms with Gasteiger partial charge in [0.05, 0.1) is 5.52 Å². The van der Waals surface area contributed by atoms with E-state index in [-0.39, 0.29) is 35.3 Å². The molecule has 3 aromatic rings. The van der Waals surface area contributed by atoms with Crippen LogP contribution < -0.4 is 11.0 Å². The number of rotatable bonds is 5. The molecule has 3 amide bonds. The van der Waals surface area contributed by atoms with Crippen molar-refractivity contribution in [3.63, 3.8) is 0 Å². The number of benzene rings is 1. The summed E-state index contributed by atoms with van der Waals surface area (Å²) < 4.78 is 1.75. The molecule has 3 aliphatic rings. The van der Waals surface area contributed by atoms with Gasteiger partial charge in [0.15, 0.2) is 5.65 Å². The zero-order valence-electron chi connectivity index (χ0n) is 21.4. The van der Waals surface area contributed by atoms with E-state index in [1.807, 2.05) is 29.2 Å². The third kappa shape index (κ3) is 4.99. The highest BCUT2D eigenvalue weighted by atomic mass is 16.3. The Hall–Kier alpha value is -3.82. The molecule has 0 unspecified atom stereocenters. The molecule has 1 aromatic carbocycles. The Morgan fingerprint density at radius 1 is 1.05 bits per heavy atom. The zero-order valence-corrected chi connectivity index (χ0v) is 21.4. The van der Waals surface area contributed by atoms with Crippen LogP contribution in [0, 0.1) is 5.92 Å². The number of urea groups is 1. The molecular weight excluding hydrogens is 484 g/mol. The number of nitrogens with one attached hydrogen (secondary N) is 2. The van der Waals surface area contributed by atoms with Gasteiger partial charge in [-0.3, -0.25) is 14.3 Å². The molecule has 38 heavy (non-hydrogen) atoms. The molecule has 200 valence electrons. The van der Waals surface area contributed by atoms with Crippen molar-refractivity contribution in [2.75, 3.05) is 26.2 Å². The van der Waals surface area contributed by atoms with Crippen molar-refractivity contribution in [3.8, 4) is 5.75 Å². The molecule has 2 aromatic heterocycles. The van der Waals surface area contributed by atoms with Crippen LogP contribution in [0.15, 0.2) is 47.4 Å². The van der Waals surface area contributed by atoms with Gasteiger partial charge in [0.2, 0.25) is 5.91 Å². The van der Waals surface area contributed by atoms with E-state index in [0.717, 1.165) is 36.9 Å². The Morgan fingerprint density at radius 2 is 1.87 bits per heavy atom. The molecule has 3 fully saturated rings. The lowest BCUT2D eigenvalue weighted by atomic mass is 9.93. The fourth-order valence-electron chi connectivity index (χ4n) is 6.01. The quantitative estimate of drug-likeness (QED) is 0.479. The molecule has 10 nitrogen and oxygen atoms in total. The Morgan fingerprint density at radius 3 is 2.63 bits per heavy atom. The predicted molar refractivity (Wildman–Crippen MR) is 142 cm³/mol. The van der Waals surface area contributed by atoms with Crippen LogP contribution in [0.2, 0.25) is 0 Å². The van der Waals surface area contributed by atoms with Gasteiger partial charge in [-0.15, -0.1) is 0 Å². The maximum atomic E-state index is 13.5. The van der Waals surface area contributed by atoms with Crippen LogP contribution in [0.4, 0.5) is 4.79 Å². The monoisotopic (exact) mass is 518 g/mol. The summed E-state index contributed by atoms with van der Waals surface area (Å²) in [7, 11) is 0. The highest BCUT2D eigenvalue weighted by molar-refractivity contribution is 5.87. The molecule has 2 saturated heterocycles. The minimum absolute atomic E-state index is 0.0129. The second kappa shape index (κ2) is 10.2. The van der Waals surface area contributed by atoms with Gasteiger partial charge in [0.25, 0.3) is 0 Å². The average molecular weight is 519 g/mol. The van der Waals surface area contributed by atoms with Gasteiger partial charge in [0, 0.05) is 44.3 Å². The lowest BCUT2D eigenvalue weighted by molar-refractivity contribution is -0.133. The topological polar surface area (TPSA) is 124 Å². The van der Waals surface area contributed by atoms with Crippen molar-refractivity contribution in [1.82, 2.24) is 29.7 Å². The van der Waals surface area contributed by atoms with E-state index >= 15 is 0 Å². The van der Waals surface area contributed by atoms with Gasteiger partial charge in [0.1, 0.15) is 11.8 Å². The highest BCUT2D eigenvalue weighted by Gasteiger charge is 2.37. The number of fused-ring (bicyclic) bond motifs is 1. The maximum absolute atomic E-state index is 13.5. The van der Waals surface area contributed by atoms with E-state index in [0.29, 0.717) is 50.5 Å². The Bertz CT molecular complexity index is 1390. The van der Waals surface area contributed by atoms with E-state index in [1.165, 1.54) is 0 Å². The SMILES string of the molecule is O=C(N[C@@H]1CC[C@@H](c2cccc(O)c2)CN(CC2CC2)C1=O)N1CCC(n2c(=O)[nH]c3ncccc32)CC1. The summed E-state index contributed by atoms with van der Waals surface area (Å²) in [6.45, 7) is 2.34. The number of carbonyl (C=O) groups excluding carboxylic acids is 2. The Kier molecular flexibility index (Phi) is 6.55. The van der Waals surface area contributed by atoms with Crippen molar-refractivity contribution >= 4 is 23.1 Å². The summed E-state index contributed by atoms with van der Waals surface area (Å²) in [5, 5.41) is 13.0. The molecule has 1 aliphatic carbocycles. The standard InChI is InChI=1S/C28H34N6O4/c35-22-4-1-3-19(15-22)20-8-9-23(26(36)33(17-20)16-18-6-7-18)30-27(37)32-13-10-21(11-14-32)34-24-5-2-12-29-25(24)31-28(34)38/h1-5,12,15,18,20-21,23,35H,6-11,13-14,16-17H2,(H,30,37)(H,29,31,38)/t20-,23-/m1/s1. The lowest BCUT2D eigenvalue weighted by Crippen LogP contribution is -2.53. The first-order valence-electron chi connectivity index (χ1n) is 13.6. The Balaban J connectivity index is 1.11. The molecule has 0 radical (unpaired) electrons. The molecule has 0 spiro atoms. The molecule has 2 aliphatic heterocycles. The molecule has 2 atom stereocenters. The maximum Gasteiger partial charge on any atom is 0.327 e. The van der Waals surface area contributed by atoms with E-state index < -0.39 is 6.04 Å². The molecular formula is C28H34N6O4. The number of hydrogen-bond acceptors (Lipinski definition) is 5. The number of carbonyl (C=O) groups is 2. The van der Waals surface area contributed by atoms with E-state index in [4.69, 9.17) is 0 Å². The van der Waals surface area contributed by atoms with Crippen molar-refractivity contribution in [2.45, 2.75) is 56.5 Å². The van der Waals surface area contributed by atoms with E-state index in [1.54, 1.807) is 27.8 Å². The van der Waals surface area contributed by atoms with Crippen LogP contribution in [0.5, 0.6) is 5.75 Å². The number of phenols is 1. The van der Waals surface area contributed by atoms with Gasteiger partial charge >= 0.3 is 11.7 Å². The average Bonchev–Trinajstić information content (AvgIpc) is 3.70. The van der Waals surface area contributed by atoms with Gasteiger partial charge in [-0.25, -0.2) is 14.6 Å². The van der Waals surface area contributed by atoms with Crippen molar-refractivity contribution in [2.24, 2.45) is 5.92 Å². The van der Waals surface area contributed by atoms with Crippen LogP contribution in [0.3, 0.4) is 0 Å². The molecule has 1 saturated carbocycles. The molecule has 0 bridgehead atoms. The molecule has 6 rings (SSSR count). The normalized spacial score (nSPS) is 23.0. The molecule has 10 heteroatoms. The summed E-state index contributed by atoms with van der Waals surface area (Å²) in [5.41, 5.74) is 2.20. The van der Waals surface area contributed by atoms with Crippen molar-refractivity contribution < 1.29 is 14.7 Å². The first-order valence-corrected chi connectivity index (χ1v) is 13.6. The van der Waals surface area contributed by atoms with Crippen molar-refractivity contribution in [1.29, 1.82) is 0 Å². The number of aromatic hydroxyl groups is 1. The van der Waals surface area contributed by atoms with Crippen LogP contribution in [-0.4, -0.2) is 73.6 Å². The number of piperidine rings is 1. The fraction of sp³-hybridized carbons (Fsp3) is 0.500. The highest BCUT2D eigenvalue weighted by Crippen LogP contribution is 2.34. The molecule has 4 heterocycles. The summed E-state index contributed by atoms with van der Waals surface area (Å²) in [6.07, 6.45) is 6.55. The lowest BCUT2D eigenvalue weighted by Gasteiger charge is -2.34. The summed E-state index contributed by atoms with van der Waals surface area (Å²) in [5.74, 6) is 0.874. The van der Waals surface area contributed by atoms with Crippen LogP contribution in [0.25, 0.3) is 11.2 Å². The second-order valence-corrected chi connectivity index (χ2v) is 10.9. The number of H-pyrrole nitrogens is 1. The number of pyridine rings is 1. The van der Waals surface area contributed by atoms with Gasteiger partial charge < -0.3 is 20.2 Å². The number of likely N-dealkylation sites (tertiary alicyclic amines) is 2. The minimum Gasteiger partial charge on any atom is -0.508 e. The van der Waals surface area contributed by atoms with E-state index in [2.05, 4.69) is 15.3 Å². The smallest absolute Gasteiger partial charge is 0.327 e. The summed E-state index contributed by atoms with van der Waals surface area (Å²) in [4.78, 5) is 50.1. The number of phenolic OH excluding ortho intramolecular Hbond substituents is 1.